The number of amides is 2. The molecule has 0 saturated heterocycles. The van der Waals surface area contributed by atoms with Gasteiger partial charge in [0.15, 0.2) is 5.13 Å². The topological polar surface area (TPSA) is 97.1 Å². The van der Waals surface area contributed by atoms with Gasteiger partial charge in [0.25, 0.3) is 0 Å². The van der Waals surface area contributed by atoms with Crippen molar-refractivity contribution in [3.63, 3.8) is 0 Å². The van der Waals surface area contributed by atoms with Gasteiger partial charge in [0.05, 0.1) is 5.69 Å². The zero-order valence-corrected chi connectivity index (χ0v) is 13.2. The molecule has 0 saturated carbocycles. The van der Waals surface area contributed by atoms with Crippen LogP contribution in [-0.4, -0.2) is 23.3 Å². The summed E-state index contributed by atoms with van der Waals surface area (Å²) in [5, 5.41) is 7.88. The van der Waals surface area contributed by atoms with E-state index in [2.05, 4.69) is 15.6 Å². The van der Waals surface area contributed by atoms with E-state index >= 15 is 0 Å². The van der Waals surface area contributed by atoms with Gasteiger partial charge in [-0.05, 0) is 12.1 Å². The van der Waals surface area contributed by atoms with Crippen molar-refractivity contribution in [2.45, 2.75) is 13.8 Å². The van der Waals surface area contributed by atoms with Crippen molar-refractivity contribution in [3.05, 3.63) is 29.6 Å². The van der Waals surface area contributed by atoms with Crippen molar-refractivity contribution < 1.29 is 9.59 Å². The highest BCUT2D eigenvalue weighted by Crippen LogP contribution is 2.26. The van der Waals surface area contributed by atoms with Crippen LogP contribution in [0.25, 0.3) is 11.3 Å². The van der Waals surface area contributed by atoms with Gasteiger partial charge in [-0.25, -0.2) is 4.98 Å². The molecule has 0 radical (unpaired) electrons. The maximum absolute atomic E-state index is 11.8. The molecular formula is C15H18N4O2S. The number of carbonyl (C=O) groups excluding carboxylic acids is 2. The molecule has 1 atom stereocenters. The van der Waals surface area contributed by atoms with Crippen molar-refractivity contribution in [2.24, 2.45) is 11.7 Å². The summed E-state index contributed by atoms with van der Waals surface area (Å²) in [6.45, 7) is 3.53. The highest BCUT2D eigenvalue weighted by atomic mass is 32.1. The fourth-order valence-corrected chi connectivity index (χ4v) is 2.45. The summed E-state index contributed by atoms with van der Waals surface area (Å²) in [6, 6.07) is 7.36. The number of nitrogens with zero attached hydrogens (tertiary/aromatic N) is 1. The van der Waals surface area contributed by atoms with Gasteiger partial charge in [-0.2, -0.15) is 0 Å². The third kappa shape index (κ3) is 4.12. The van der Waals surface area contributed by atoms with Crippen molar-refractivity contribution >= 4 is 34.0 Å². The van der Waals surface area contributed by atoms with Gasteiger partial charge < -0.3 is 16.4 Å². The molecule has 22 heavy (non-hydrogen) atoms. The van der Waals surface area contributed by atoms with Crippen LogP contribution in [0.15, 0.2) is 29.6 Å². The number of carbonyl (C=O) groups is 2. The minimum Gasteiger partial charge on any atom is -0.330 e. The lowest BCUT2D eigenvalue weighted by Gasteiger charge is -2.06. The summed E-state index contributed by atoms with van der Waals surface area (Å²) in [7, 11) is 0. The number of aromatic nitrogens is 1. The zero-order chi connectivity index (χ0) is 16.1. The zero-order valence-electron chi connectivity index (χ0n) is 12.4. The Morgan fingerprint density at radius 1 is 1.27 bits per heavy atom. The lowest BCUT2D eigenvalue weighted by atomic mass is 10.1. The first-order chi connectivity index (χ1) is 10.5. The van der Waals surface area contributed by atoms with E-state index in [-0.39, 0.29) is 17.7 Å². The van der Waals surface area contributed by atoms with Gasteiger partial charge in [0, 0.05) is 36.0 Å². The van der Waals surface area contributed by atoms with Crippen LogP contribution in [0.4, 0.5) is 10.8 Å². The molecule has 0 aliphatic carbocycles. The molecule has 4 N–H and O–H groups in total. The van der Waals surface area contributed by atoms with Crippen LogP contribution in [0, 0.1) is 5.92 Å². The largest absolute Gasteiger partial charge is 0.330 e. The van der Waals surface area contributed by atoms with Crippen LogP contribution in [0.2, 0.25) is 0 Å². The van der Waals surface area contributed by atoms with Gasteiger partial charge in [-0.1, -0.05) is 19.1 Å². The quantitative estimate of drug-likeness (QED) is 0.788. The predicted molar refractivity (Wildman–Crippen MR) is 88.7 cm³/mol. The fourth-order valence-electron chi connectivity index (χ4n) is 1.73. The van der Waals surface area contributed by atoms with E-state index in [0.29, 0.717) is 11.7 Å². The van der Waals surface area contributed by atoms with Gasteiger partial charge in [-0.3, -0.25) is 9.59 Å². The molecule has 0 aliphatic heterocycles. The average molecular weight is 318 g/mol. The molecule has 2 rings (SSSR count). The summed E-state index contributed by atoms with van der Waals surface area (Å²) >= 11 is 1.36. The van der Waals surface area contributed by atoms with E-state index in [0.717, 1.165) is 16.9 Å². The number of nitrogens with two attached hydrogens (primary N) is 1. The van der Waals surface area contributed by atoms with Crippen molar-refractivity contribution in [1.82, 2.24) is 4.98 Å². The van der Waals surface area contributed by atoms with Crippen molar-refractivity contribution in [3.8, 4) is 11.3 Å². The summed E-state index contributed by atoms with van der Waals surface area (Å²) in [4.78, 5) is 27.1. The normalized spacial score (nSPS) is 11.8. The number of benzene rings is 1. The first-order valence-corrected chi connectivity index (χ1v) is 7.72. The monoisotopic (exact) mass is 318 g/mol. The maximum atomic E-state index is 11.8. The Balaban J connectivity index is 2.07. The van der Waals surface area contributed by atoms with Gasteiger partial charge in [-0.15, -0.1) is 11.3 Å². The van der Waals surface area contributed by atoms with Gasteiger partial charge >= 0.3 is 0 Å². The molecule has 116 valence electrons. The van der Waals surface area contributed by atoms with Gasteiger partial charge in [0.1, 0.15) is 0 Å². The third-order valence-corrected chi connectivity index (χ3v) is 3.79. The first-order valence-electron chi connectivity index (χ1n) is 6.84. The predicted octanol–water partition coefficient (Wildman–Crippen LogP) is 2.30. The molecule has 1 aromatic carbocycles. The molecule has 0 fully saturated rings. The number of thiazole rings is 1. The summed E-state index contributed by atoms with van der Waals surface area (Å²) in [5.41, 5.74) is 7.88. The number of rotatable bonds is 5. The number of anilines is 2. The Bertz CT molecular complexity index is 666. The van der Waals surface area contributed by atoms with Crippen LogP contribution in [0.3, 0.4) is 0 Å². The Kier molecular flexibility index (Phi) is 5.24. The Morgan fingerprint density at radius 3 is 2.55 bits per heavy atom. The summed E-state index contributed by atoms with van der Waals surface area (Å²) < 4.78 is 0. The summed E-state index contributed by atoms with van der Waals surface area (Å²) in [5.74, 6) is -0.492. The van der Waals surface area contributed by atoms with Crippen LogP contribution in [0.5, 0.6) is 0 Å². The number of nitrogens with one attached hydrogen (secondary N) is 2. The van der Waals surface area contributed by atoms with E-state index in [1.165, 1.54) is 18.3 Å². The molecule has 6 nitrogen and oxygen atoms in total. The molecule has 1 heterocycles. The molecule has 2 aromatic rings. The molecule has 1 unspecified atom stereocenters. The molecule has 0 bridgehead atoms. The highest BCUT2D eigenvalue weighted by Gasteiger charge is 2.13. The van der Waals surface area contributed by atoms with Crippen LogP contribution in [-0.2, 0) is 9.59 Å². The van der Waals surface area contributed by atoms with Crippen molar-refractivity contribution in [1.29, 1.82) is 0 Å². The standard InChI is InChI=1S/C15H18N4O2S/c1-9(7-16)14(21)19-15-18-13(8-22-15)11-3-5-12(6-4-11)17-10(2)20/h3-6,8-9H,7,16H2,1-2H3,(H,17,20)(H,18,19,21). The Labute approximate surface area is 132 Å². The molecule has 2 amide bonds. The lowest BCUT2D eigenvalue weighted by Crippen LogP contribution is -2.26. The maximum Gasteiger partial charge on any atom is 0.230 e. The number of hydrogen-bond acceptors (Lipinski definition) is 5. The number of hydrogen-bond donors (Lipinski definition) is 3. The van der Waals surface area contributed by atoms with E-state index < -0.39 is 0 Å². The van der Waals surface area contributed by atoms with E-state index in [4.69, 9.17) is 5.73 Å². The molecule has 0 spiro atoms. The Hall–Kier alpha value is -2.25. The van der Waals surface area contributed by atoms with E-state index in [1.807, 2.05) is 29.6 Å². The minimum absolute atomic E-state index is 0.111. The van der Waals surface area contributed by atoms with Crippen LogP contribution >= 0.6 is 11.3 Å². The molecule has 7 heteroatoms. The molecular weight excluding hydrogens is 300 g/mol. The van der Waals surface area contributed by atoms with Crippen LogP contribution < -0.4 is 16.4 Å². The van der Waals surface area contributed by atoms with E-state index in [1.54, 1.807) is 6.92 Å². The smallest absolute Gasteiger partial charge is 0.230 e. The van der Waals surface area contributed by atoms with Gasteiger partial charge in [0.2, 0.25) is 11.8 Å². The fraction of sp³-hybridized carbons (Fsp3) is 0.267. The third-order valence-electron chi connectivity index (χ3n) is 3.04. The highest BCUT2D eigenvalue weighted by molar-refractivity contribution is 7.14. The lowest BCUT2D eigenvalue weighted by molar-refractivity contribution is -0.119. The SMILES string of the molecule is CC(=O)Nc1ccc(-c2csc(NC(=O)C(C)CN)n2)cc1. The molecule has 1 aromatic heterocycles. The minimum atomic E-state index is -0.246. The second kappa shape index (κ2) is 7.15. The van der Waals surface area contributed by atoms with E-state index in [9.17, 15) is 9.59 Å². The Morgan fingerprint density at radius 2 is 1.95 bits per heavy atom. The second-order valence-corrected chi connectivity index (χ2v) is 5.78. The average Bonchev–Trinajstić information content (AvgIpc) is 2.95. The molecule has 0 aliphatic rings. The van der Waals surface area contributed by atoms with Crippen LogP contribution in [0.1, 0.15) is 13.8 Å². The second-order valence-electron chi connectivity index (χ2n) is 4.92. The first kappa shape index (κ1) is 16.1. The summed E-state index contributed by atoms with van der Waals surface area (Å²) in [6.07, 6.45) is 0. The van der Waals surface area contributed by atoms with Crippen molar-refractivity contribution in [2.75, 3.05) is 17.2 Å².